The van der Waals surface area contributed by atoms with E-state index in [0.717, 1.165) is 95.5 Å². The molecule has 1 aromatic carbocycles. The Morgan fingerprint density at radius 1 is 0.897 bits per heavy atom. The number of phenols is 1. The molecule has 0 amide bonds. The number of rotatable bonds is 14. The number of phenolic OH excluding ortho intramolecular Hbond substituents is 1. The Hall–Kier alpha value is -5.15. The summed E-state index contributed by atoms with van der Waals surface area (Å²) in [6.07, 6.45) is 10.5. The number of nitrogens with two attached hydrogens (primary N) is 1. The molecule has 4 aromatic rings. The van der Waals surface area contributed by atoms with E-state index in [1.54, 1.807) is 18.2 Å². The molecule has 0 radical (unpaired) electrons. The maximum Gasteiger partial charge on any atom is 0.314 e. The first-order valence-electron chi connectivity index (χ1n) is 20.9. The van der Waals surface area contributed by atoms with Gasteiger partial charge in [-0.1, -0.05) is 26.0 Å². The number of ether oxygens (including phenoxy) is 3. The third kappa shape index (κ3) is 8.11. The van der Waals surface area contributed by atoms with Crippen LogP contribution >= 0.6 is 0 Å². The Balaban J connectivity index is 0.694. The number of aromatic hydroxyl groups is 1. The minimum absolute atomic E-state index is 0.0903. The number of aliphatic carboxylic acids is 1. The average molecular weight is 795 g/mol. The molecule has 15 heteroatoms. The number of nitrogens with zero attached hydrogens (tertiary/aromatic N) is 7. The van der Waals surface area contributed by atoms with E-state index in [4.69, 9.17) is 24.5 Å². The van der Waals surface area contributed by atoms with Gasteiger partial charge < -0.3 is 49.4 Å². The van der Waals surface area contributed by atoms with E-state index in [0.29, 0.717) is 52.6 Å². The van der Waals surface area contributed by atoms with Crippen LogP contribution in [0.2, 0.25) is 0 Å². The van der Waals surface area contributed by atoms with Crippen molar-refractivity contribution in [3.05, 3.63) is 60.5 Å². The van der Waals surface area contributed by atoms with Crippen molar-refractivity contribution in [2.45, 2.75) is 108 Å². The monoisotopic (exact) mass is 794 g/mol. The summed E-state index contributed by atoms with van der Waals surface area (Å²) < 4.78 is 24.2. The van der Waals surface area contributed by atoms with Gasteiger partial charge in [-0.15, -0.1) is 10.2 Å². The fourth-order valence-electron chi connectivity index (χ4n) is 9.67. The Kier molecular flexibility index (Phi) is 10.7. The molecule has 15 nitrogen and oxygen atoms in total. The van der Waals surface area contributed by atoms with Gasteiger partial charge in [0.15, 0.2) is 11.6 Å². The summed E-state index contributed by atoms with van der Waals surface area (Å²) in [5.74, 6) is 0.789. The molecule has 58 heavy (non-hydrogen) atoms. The fraction of sp³-hybridized carbons (Fsp3) is 0.558. The van der Waals surface area contributed by atoms with Crippen LogP contribution in [0.25, 0.3) is 11.3 Å². The smallest absolute Gasteiger partial charge is 0.314 e. The molecule has 3 saturated heterocycles. The van der Waals surface area contributed by atoms with Crippen molar-refractivity contribution >= 4 is 23.2 Å². The van der Waals surface area contributed by atoms with Gasteiger partial charge in [-0.2, -0.15) is 0 Å². The summed E-state index contributed by atoms with van der Waals surface area (Å²) in [5, 5.41) is 32.4. The van der Waals surface area contributed by atoms with E-state index in [-0.39, 0.29) is 36.1 Å². The predicted molar refractivity (Wildman–Crippen MR) is 216 cm³/mol. The molecule has 5 aliphatic rings. The molecule has 4 N–H and O–H groups in total. The number of hydrogen-bond acceptors (Lipinski definition) is 14. The number of piperidine rings is 1. The largest absolute Gasteiger partial charge is 0.507 e. The molecule has 3 aromatic heterocycles. The number of benzene rings is 1. The lowest BCUT2D eigenvalue weighted by Gasteiger charge is -2.43. The molecular weight excluding hydrogens is 741 g/mol. The van der Waals surface area contributed by atoms with Crippen molar-refractivity contribution in [1.82, 2.24) is 25.2 Å². The highest BCUT2D eigenvalue weighted by Gasteiger charge is 2.42. The maximum atomic E-state index is 11.6. The number of fused-ring (bicyclic) bond motifs is 2. The summed E-state index contributed by atoms with van der Waals surface area (Å²) in [6, 6.07) is 15.5. The highest BCUT2D eigenvalue weighted by atomic mass is 16.5. The van der Waals surface area contributed by atoms with Gasteiger partial charge in [-0.3, -0.25) is 4.79 Å². The van der Waals surface area contributed by atoms with Gasteiger partial charge >= 0.3 is 5.97 Å². The van der Waals surface area contributed by atoms with Crippen molar-refractivity contribution in [3.63, 3.8) is 0 Å². The zero-order valence-corrected chi connectivity index (χ0v) is 33.2. The van der Waals surface area contributed by atoms with Crippen LogP contribution in [0.5, 0.6) is 17.5 Å². The zero-order chi connectivity index (χ0) is 39.9. The number of piperazine rings is 1. The Morgan fingerprint density at radius 3 is 2.34 bits per heavy atom. The van der Waals surface area contributed by atoms with Crippen LogP contribution in [0, 0.1) is 11.8 Å². The van der Waals surface area contributed by atoms with Crippen LogP contribution < -0.4 is 25.0 Å². The van der Waals surface area contributed by atoms with Crippen molar-refractivity contribution in [1.29, 1.82) is 0 Å². The Morgan fingerprint density at radius 2 is 1.62 bits per heavy atom. The number of nitrogen functional groups attached to an aromatic ring is 1. The van der Waals surface area contributed by atoms with Gasteiger partial charge in [0.25, 0.3) is 5.88 Å². The molecule has 2 aliphatic carbocycles. The molecule has 6 heterocycles. The van der Waals surface area contributed by atoms with E-state index < -0.39 is 11.9 Å². The Labute approximate surface area is 338 Å². The van der Waals surface area contributed by atoms with Crippen LogP contribution in [0.3, 0.4) is 0 Å². The maximum absolute atomic E-state index is 11.6. The number of pyridine rings is 1. The third-order valence-corrected chi connectivity index (χ3v) is 12.8. The summed E-state index contributed by atoms with van der Waals surface area (Å²) >= 11 is 0. The van der Waals surface area contributed by atoms with E-state index in [9.17, 15) is 15.0 Å². The van der Waals surface area contributed by atoms with Gasteiger partial charge in [0.2, 0.25) is 5.88 Å². The second kappa shape index (κ2) is 16.2. The van der Waals surface area contributed by atoms with E-state index >= 15 is 0 Å². The van der Waals surface area contributed by atoms with Crippen molar-refractivity contribution in [3.8, 4) is 28.8 Å². The van der Waals surface area contributed by atoms with Crippen LogP contribution in [0.4, 0.5) is 17.2 Å². The number of aromatic nitrogens is 4. The molecule has 2 saturated carbocycles. The quantitative estimate of drug-likeness (QED) is 0.140. The average Bonchev–Trinajstić information content (AvgIpc) is 3.74. The molecular formula is C43H54N8O7. The minimum atomic E-state index is -0.915. The van der Waals surface area contributed by atoms with E-state index in [1.807, 2.05) is 38.2 Å². The standard InChI is InChI=1S/C43H54N8O7/c1-25(2)41(43(53)54)38-21-40(48-58-38)57-31-15-26(16-31)22-49-13-10-30(11-14-49)55-32-18-33(19-32)56-39-17-27(9-12-45-39)51-28-7-8-29(51)24-50(23-28)36-20-35(46-47-42(36)44)34-5-3-4-6-37(34)52/h3-6,9,12,17,20-21,25-26,28-33,41,52H,7-8,10-11,13-16,18-19,22-24H2,1-2H3,(H2,44,47)(H,53,54)/t26-,28?,29?,31-,32-,33-,41?. The van der Waals surface area contributed by atoms with Crippen molar-refractivity contribution in [2.24, 2.45) is 11.8 Å². The minimum Gasteiger partial charge on any atom is -0.507 e. The normalized spacial score (nSPS) is 26.6. The molecule has 9 rings (SSSR count). The van der Waals surface area contributed by atoms with Crippen LogP contribution in [-0.2, 0) is 9.53 Å². The van der Waals surface area contributed by atoms with Crippen LogP contribution in [0.15, 0.2) is 59.3 Å². The number of carbonyl (C=O) groups is 1. The molecule has 3 aliphatic heterocycles. The van der Waals surface area contributed by atoms with E-state index in [2.05, 4.69) is 47.2 Å². The molecule has 0 spiro atoms. The fourth-order valence-corrected chi connectivity index (χ4v) is 9.67. The van der Waals surface area contributed by atoms with Gasteiger partial charge in [0, 0.05) is 87.2 Å². The number of para-hydroxylation sites is 1. The van der Waals surface area contributed by atoms with Crippen molar-refractivity contribution < 1.29 is 33.7 Å². The number of carboxylic acid groups (broad SMARTS) is 1. The number of hydrogen-bond donors (Lipinski definition) is 3. The van der Waals surface area contributed by atoms with Crippen LogP contribution in [-0.4, -0.2) is 111 Å². The third-order valence-electron chi connectivity index (χ3n) is 12.8. The van der Waals surface area contributed by atoms with Crippen LogP contribution in [0.1, 0.15) is 76.9 Å². The van der Waals surface area contributed by atoms with Gasteiger partial charge in [-0.25, -0.2) is 4.98 Å². The second-order valence-corrected chi connectivity index (χ2v) is 17.2. The SMILES string of the molecule is CC(C)C(C(=O)O)c1cc(O[C@H]2C[C@H](CN3CCC(O[C@H]4C[C@H](Oc5cc(N6C7CCC6CN(c6cc(-c8ccccc8O)nnc6N)C7)ccn5)C4)CC3)C2)no1. The number of anilines is 3. The number of carboxylic acids is 1. The highest BCUT2D eigenvalue weighted by molar-refractivity contribution is 5.76. The van der Waals surface area contributed by atoms with Crippen molar-refractivity contribution in [2.75, 3.05) is 48.3 Å². The van der Waals surface area contributed by atoms with Gasteiger partial charge in [0.1, 0.15) is 23.9 Å². The summed E-state index contributed by atoms with van der Waals surface area (Å²) in [5.41, 5.74) is 9.59. The van der Waals surface area contributed by atoms with E-state index in [1.165, 1.54) is 0 Å². The Bertz CT molecular complexity index is 2050. The first-order chi connectivity index (χ1) is 28.1. The van der Waals surface area contributed by atoms with Gasteiger partial charge in [0.05, 0.1) is 23.6 Å². The first kappa shape index (κ1) is 38.4. The number of likely N-dealkylation sites (tertiary alicyclic amines) is 1. The molecule has 3 unspecified atom stereocenters. The first-order valence-corrected chi connectivity index (χ1v) is 20.9. The van der Waals surface area contributed by atoms with Gasteiger partial charge in [-0.05, 0) is 79.8 Å². The second-order valence-electron chi connectivity index (χ2n) is 17.2. The molecule has 3 atom stereocenters. The highest BCUT2D eigenvalue weighted by Crippen LogP contribution is 2.41. The zero-order valence-electron chi connectivity index (χ0n) is 33.2. The molecule has 308 valence electrons. The lowest BCUT2D eigenvalue weighted by molar-refractivity contribution is -0.140. The summed E-state index contributed by atoms with van der Waals surface area (Å²) in [7, 11) is 0. The lowest BCUT2D eigenvalue weighted by atomic mass is 9.81. The summed E-state index contributed by atoms with van der Waals surface area (Å²) in [4.78, 5) is 23.6. The topological polar surface area (TPSA) is 186 Å². The lowest BCUT2D eigenvalue weighted by Crippen LogP contribution is -2.54. The molecule has 5 fully saturated rings. The summed E-state index contributed by atoms with van der Waals surface area (Å²) in [6.45, 7) is 8.47. The molecule has 2 bridgehead atoms. The predicted octanol–water partition coefficient (Wildman–Crippen LogP) is 5.74.